The van der Waals surface area contributed by atoms with Crippen LogP contribution >= 0.6 is 0 Å². The van der Waals surface area contributed by atoms with Gasteiger partial charge in [0, 0.05) is 11.6 Å². The minimum Gasteiger partial charge on any atom is -0.360 e. The van der Waals surface area contributed by atoms with E-state index in [0.717, 1.165) is 10.8 Å². The Morgan fingerprint density at radius 3 is 2.63 bits per heavy atom. The first kappa shape index (κ1) is 11.5. The third kappa shape index (κ3) is 2.33. The maximum atomic E-state index is 12.1. The van der Waals surface area contributed by atoms with Gasteiger partial charge in [0.2, 0.25) is 0 Å². The van der Waals surface area contributed by atoms with E-state index < -0.39 is 0 Å². The number of aryl methyl sites for hydroxylation is 1. The first-order chi connectivity index (χ1) is 9.22. The highest BCUT2D eigenvalue weighted by atomic mass is 16.5. The molecule has 3 aromatic rings. The highest BCUT2D eigenvalue weighted by molar-refractivity contribution is 6.06. The fourth-order valence-corrected chi connectivity index (χ4v) is 1.94. The van der Waals surface area contributed by atoms with Gasteiger partial charge in [0.15, 0.2) is 5.82 Å². The quantitative estimate of drug-likeness (QED) is 0.760. The van der Waals surface area contributed by atoms with Crippen molar-refractivity contribution < 1.29 is 9.32 Å². The molecular formula is C15H12N2O2. The Morgan fingerprint density at radius 1 is 1.11 bits per heavy atom. The molecule has 1 aromatic heterocycles. The molecule has 1 heterocycles. The van der Waals surface area contributed by atoms with Crippen LogP contribution < -0.4 is 5.32 Å². The Morgan fingerprint density at radius 2 is 1.89 bits per heavy atom. The minimum atomic E-state index is -0.195. The number of aromatic nitrogens is 1. The predicted octanol–water partition coefficient (Wildman–Crippen LogP) is 3.39. The zero-order chi connectivity index (χ0) is 13.2. The zero-order valence-electron chi connectivity index (χ0n) is 10.4. The van der Waals surface area contributed by atoms with Crippen LogP contribution in [0.5, 0.6) is 0 Å². The monoisotopic (exact) mass is 252 g/mol. The molecule has 4 heteroatoms. The Hall–Kier alpha value is -2.62. The van der Waals surface area contributed by atoms with Gasteiger partial charge in [0.1, 0.15) is 5.76 Å². The van der Waals surface area contributed by atoms with Gasteiger partial charge in [-0.3, -0.25) is 4.79 Å². The number of nitrogens with zero attached hydrogens (tertiary/aromatic N) is 1. The van der Waals surface area contributed by atoms with Crippen LogP contribution in [0.25, 0.3) is 10.8 Å². The van der Waals surface area contributed by atoms with Crippen molar-refractivity contribution in [1.29, 1.82) is 0 Å². The third-order valence-electron chi connectivity index (χ3n) is 2.88. The number of fused-ring (bicyclic) bond motifs is 1. The van der Waals surface area contributed by atoms with Crippen LogP contribution in [-0.2, 0) is 0 Å². The summed E-state index contributed by atoms with van der Waals surface area (Å²) in [5.41, 5.74) is 0.597. The lowest BCUT2D eigenvalue weighted by molar-refractivity contribution is 0.102. The smallest absolute Gasteiger partial charge is 0.256 e. The van der Waals surface area contributed by atoms with Gasteiger partial charge in [0.05, 0.1) is 0 Å². The Labute approximate surface area is 110 Å². The highest BCUT2D eigenvalue weighted by Crippen LogP contribution is 2.17. The van der Waals surface area contributed by atoms with E-state index in [-0.39, 0.29) is 5.91 Å². The van der Waals surface area contributed by atoms with Crippen LogP contribution in [0.2, 0.25) is 0 Å². The maximum absolute atomic E-state index is 12.1. The number of carbonyl (C=O) groups is 1. The zero-order valence-corrected chi connectivity index (χ0v) is 10.4. The summed E-state index contributed by atoms with van der Waals surface area (Å²) >= 11 is 0. The van der Waals surface area contributed by atoms with Gasteiger partial charge in [-0.05, 0) is 29.8 Å². The lowest BCUT2D eigenvalue weighted by Crippen LogP contribution is -2.11. The van der Waals surface area contributed by atoms with E-state index in [1.165, 1.54) is 0 Å². The molecule has 0 saturated carbocycles. The summed E-state index contributed by atoms with van der Waals surface area (Å²) in [5.74, 6) is 0.892. The second-order valence-electron chi connectivity index (χ2n) is 4.34. The molecule has 0 fully saturated rings. The number of hydrogen-bond acceptors (Lipinski definition) is 3. The van der Waals surface area contributed by atoms with Gasteiger partial charge in [-0.1, -0.05) is 35.5 Å². The molecule has 0 bridgehead atoms. The fraction of sp³-hybridized carbons (Fsp3) is 0.0667. The summed E-state index contributed by atoms with van der Waals surface area (Å²) in [5, 5.41) is 8.58. The normalized spacial score (nSPS) is 10.6. The number of hydrogen-bond donors (Lipinski definition) is 1. The minimum absolute atomic E-state index is 0.195. The molecule has 1 amide bonds. The largest absolute Gasteiger partial charge is 0.360 e. The maximum Gasteiger partial charge on any atom is 0.256 e. The average molecular weight is 252 g/mol. The molecule has 3 rings (SSSR count). The van der Waals surface area contributed by atoms with Gasteiger partial charge in [0.25, 0.3) is 5.91 Å². The van der Waals surface area contributed by atoms with E-state index in [0.29, 0.717) is 17.1 Å². The van der Waals surface area contributed by atoms with Gasteiger partial charge in [-0.15, -0.1) is 0 Å². The first-order valence-electron chi connectivity index (χ1n) is 5.96. The first-order valence-corrected chi connectivity index (χ1v) is 5.96. The summed E-state index contributed by atoms with van der Waals surface area (Å²) in [6.07, 6.45) is 0. The third-order valence-corrected chi connectivity index (χ3v) is 2.88. The van der Waals surface area contributed by atoms with Crippen LogP contribution in [0.4, 0.5) is 5.82 Å². The molecule has 0 spiro atoms. The highest BCUT2D eigenvalue weighted by Gasteiger charge is 2.09. The van der Waals surface area contributed by atoms with E-state index >= 15 is 0 Å². The average Bonchev–Trinajstić information content (AvgIpc) is 2.83. The van der Waals surface area contributed by atoms with Crippen molar-refractivity contribution in [3.05, 3.63) is 59.9 Å². The number of nitrogens with one attached hydrogen (secondary N) is 1. The summed E-state index contributed by atoms with van der Waals surface area (Å²) < 4.78 is 4.91. The molecular weight excluding hydrogens is 240 g/mol. The lowest BCUT2D eigenvalue weighted by atomic mass is 10.1. The number of amides is 1. The summed E-state index contributed by atoms with van der Waals surface area (Å²) in [4.78, 5) is 12.1. The Bertz CT molecular complexity index is 746. The second-order valence-corrected chi connectivity index (χ2v) is 4.34. The van der Waals surface area contributed by atoms with Crippen molar-refractivity contribution in [2.75, 3.05) is 5.32 Å². The molecule has 2 aromatic carbocycles. The number of rotatable bonds is 2. The summed E-state index contributed by atoms with van der Waals surface area (Å²) in [7, 11) is 0. The van der Waals surface area contributed by atoms with Crippen molar-refractivity contribution in [3.63, 3.8) is 0 Å². The molecule has 19 heavy (non-hydrogen) atoms. The predicted molar refractivity (Wildman–Crippen MR) is 73.1 cm³/mol. The van der Waals surface area contributed by atoms with Crippen molar-refractivity contribution in [1.82, 2.24) is 5.16 Å². The Balaban J connectivity index is 1.89. The molecule has 0 atom stereocenters. The van der Waals surface area contributed by atoms with Crippen LogP contribution in [0, 0.1) is 6.92 Å². The van der Waals surface area contributed by atoms with Crippen molar-refractivity contribution in [2.45, 2.75) is 6.92 Å². The van der Waals surface area contributed by atoms with Gasteiger partial charge in [-0.2, -0.15) is 0 Å². The van der Waals surface area contributed by atoms with E-state index in [1.54, 1.807) is 19.1 Å². The summed E-state index contributed by atoms with van der Waals surface area (Å²) in [6.45, 7) is 1.78. The standard InChI is InChI=1S/C15H12N2O2/c1-10-8-14(17-19-10)16-15(18)13-7-6-11-4-2-3-5-12(11)9-13/h2-9H,1H3,(H,16,17,18). The van der Waals surface area contributed by atoms with Gasteiger partial charge >= 0.3 is 0 Å². The molecule has 0 radical (unpaired) electrons. The van der Waals surface area contributed by atoms with Crippen LogP contribution in [0.15, 0.2) is 53.1 Å². The molecule has 0 saturated heterocycles. The van der Waals surface area contributed by atoms with Crippen LogP contribution in [-0.4, -0.2) is 11.1 Å². The van der Waals surface area contributed by atoms with E-state index in [2.05, 4.69) is 10.5 Å². The molecule has 0 aliphatic rings. The van der Waals surface area contributed by atoms with E-state index in [4.69, 9.17) is 4.52 Å². The molecule has 0 unspecified atom stereocenters. The topological polar surface area (TPSA) is 55.1 Å². The Kier molecular flexibility index (Phi) is 2.76. The number of benzene rings is 2. The molecule has 0 aliphatic carbocycles. The van der Waals surface area contributed by atoms with E-state index in [9.17, 15) is 4.79 Å². The SMILES string of the molecule is Cc1cc(NC(=O)c2ccc3ccccc3c2)no1. The van der Waals surface area contributed by atoms with Crippen LogP contribution in [0.1, 0.15) is 16.1 Å². The van der Waals surface area contributed by atoms with Crippen molar-refractivity contribution in [2.24, 2.45) is 0 Å². The lowest BCUT2D eigenvalue weighted by Gasteiger charge is -2.03. The van der Waals surface area contributed by atoms with Crippen LogP contribution in [0.3, 0.4) is 0 Å². The van der Waals surface area contributed by atoms with Gasteiger partial charge in [-0.25, -0.2) is 0 Å². The van der Waals surface area contributed by atoms with Gasteiger partial charge < -0.3 is 9.84 Å². The second kappa shape index (κ2) is 4.57. The molecule has 94 valence electrons. The molecule has 4 nitrogen and oxygen atoms in total. The van der Waals surface area contributed by atoms with Crippen molar-refractivity contribution >= 4 is 22.5 Å². The molecule has 1 N–H and O–H groups in total. The number of anilines is 1. The van der Waals surface area contributed by atoms with E-state index in [1.807, 2.05) is 36.4 Å². The summed E-state index contributed by atoms with van der Waals surface area (Å²) in [6, 6.07) is 15.2. The number of carbonyl (C=O) groups excluding carboxylic acids is 1. The van der Waals surface area contributed by atoms with Crippen molar-refractivity contribution in [3.8, 4) is 0 Å². The molecule has 0 aliphatic heterocycles. The fourth-order valence-electron chi connectivity index (χ4n) is 1.94.